The third-order valence-corrected chi connectivity index (χ3v) is 2.02. The van der Waals surface area contributed by atoms with Crippen molar-refractivity contribution in [1.29, 1.82) is 0 Å². The zero-order chi connectivity index (χ0) is 9.52. The van der Waals surface area contributed by atoms with Crippen molar-refractivity contribution in [3.63, 3.8) is 0 Å². The highest BCUT2D eigenvalue weighted by atomic mass is 16.6. The third-order valence-electron chi connectivity index (χ3n) is 2.02. The molecule has 0 saturated carbocycles. The first-order chi connectivity index (χ1) is 6.33. The topological polar surface area (TPSA) is 70.6 Å². The Bertz CT molecular complexity index is 157. The van der Waals surface area contributed by atoms with Crippen molar-refractivity contribution in [2.45, 2.75) is 6.42 Å². The second-order valence-electron chi connectivity index (χ2n) is 3.10. The van der Waals surface area contributed by atoms with Gasteiger partial charge in [0.25, 0.3) is 0 Å². The number of amides is 1. The summed E-state index contributed by atoms with van der Waals surface area (Å²) >= 11 is 0. The van der Waals surface area contributed by atoms with Crippen LogP contribution in [-0.2, 0) is 4.74 Å². The first-order valence-corrected chi connectivity index (χ1v) is 4.55. The number of alkyl carbamates (subject to hydrolysis) is 1. The molecule has 0 bridgehead atoms. The Morgan fingerprint density at radius 2 is 2.54 bits per heavy atom. The summed E-state index contributed by atoms with van der Waals surface area (Å²) in [5, 5.41) is 14.2. The number of ether oxygens (including phenoxy) is 1. The molecule has 1 amide bonds. The number of carbonyl (C=O) groups is 1. The maximum absolute atomic E-state index is 10.9. The quantitative estimate of drug-likeness (QED) is 0.546. The Labute approximate surface area is 77.5 Å². The van der Waals surface area contributed by atoms with E-state index in [2.05, 4.69) is 15.4 Å². The molecule has 13 heavy (non-hydrogen) atoms. The Morgan fingerprint density at radius 1 is 1.69 bits per heavy atom. The van der Waals surface area contributed by atoms with Gasteiger partial charge < -0.3 is 20.5 Å². The van der Waals surface area contributed by atoms with Gasteiger partial charge in [0.15, 0.2) is 0 Å². The van der Waals surface area contributed by atoms with Gasteiger partial charge in [-0.15, -0.1) is 0 Å². The van der Waals surface area contributed by atoms with E-state index in [0.29, 0.717) is 12.5 Å². The zero-order valence-electron chi connectivity index (χ0n) is 7.58. The van der Waals surface area contributed by atoms with Crippen molar-refractivity contribution < 1.29 is 14.6 Å². The average molecular weight is 188 g/mol. The fraction of sp³-hybridized carbons (Fsp3) is 0.875. The standard InChI is InChI=1S/C8H16N2O3/c11-3-4-13-8(12)10-6-7-1-2-9-5-7/h7,9,11H,1-6H2,(H,10,12). The van der Waals surface area contributed by atoms with Crippen molar-refractivity contribution in [3.05, 3.63) is 0 Å². The van der Waals surface area contributed by atoms with Crippen LogP contribution in [0.3, 0.4) is 0 Å². The Kier molecular flexibility index (Phi) is 4.56. The molecule has 0 radical (unpaired) electrons. The van der Waals surface area contributed by atoms with Gasteiger partial charge in [0.05, 0.1) is 6.61 Å². The van der Waals surface area contributed by atoms with E-state index in [4.69, 9.17) is 5.11 Å². The number of rotatable bonds is 4. The monoisotopic (exact) mass is 188 g/mol. The Balaban J connectivity index is 2.00. The molecule has 1 heterocycles. The summed E-state index contributed by atoms with van der Waals surface area (Å²) in [5.41, 5.74) is 0. The maximum Gasteiger partial charge on any atom is 0.407 e. The van der Waals surface area contributed by atoms with E-state index in [1.807, 2.05) is 0 Å². The summed E-state index contributed by atoms with van der Waals surface area (Å²) in [4.78, 5) is 10.9. The minimum Gasteiger partial charge on any atom is -0.447 e. The molecule has 1 unspecified atom stereocenters. The summed E-state index contributed by atoms with van der Waals surface area (Å²) in [5.74, 6) is 0.515. The first-order valence-electron chi connectivity index (χ1n) is 4.55. The van der Waals surface area contributed by atoms with Crippen LogP contribution in [0.25, 0.3) is 0 Å². The highest BCUT2D eigenvalue weighted by Gasteiger charge is 2.15. The van der Waals surface area contributed by atoms with Gasteiger partial charge in [0, 0.05) is 6.54 Å². The Hall–Kier alpha value is -0.810. The molecule has 1 aliphatic heterocycles. The predicted octanol–water partition coefficient (Wildman–Crippen LogP) is -0.686. The van der Waals surface area contributed by atoms with Crippen LogP contribution < -0.4 is 10.6 Å². The lowest BCUT2D eigenvalue weighted by Crippen LogP contribution is -2.31. The summed E-state index contributed by atoms with van der Waals surface area (Å²) in [7, 11) is 0. The van der Waals surface area contributed by atoms with E-state index in [1.54, 1.807) is 0 Å². The normalized spacial score (nSPS) is 21.5. The summed E-state index contributed by atoms with van der Waals surface area (Å²) < 4.78 is 4.63. The van der Waals surface area contributed by atoms with Crippen molar-refractivity contribution in [2.75, 3.05) is 32.8 Å². The molecule has 0 aromatic rings. The van der Waals surface area contributed by atoms with Crippen LogP contribution in [0.2, 0.25) is 0 Å². The van der Waals surface area contributed by atoms with Crippen LogP contribution in [0.15, 0.2) is 0 Å². The number of aliphatic hydroxyl groups is 1. The molecule has 0 aromatic carbocycles. The number of nitrogens with one attached hydrogen (secondary N) is 2. The lowest BCUT2D eigenvalue weighted by Gasteiger charge is -2.09. The van der Waals surface area contributed by atoms with E-state index >= 15 is 0 Å². The van der Waals surface area contributed by atoms with Crippen molar-refractivity contribution in [1.82, 2.24) is 10.6 Å². The van der Waals surface area contributed by atoms with Gasteiger partial charge in [-0.3, -0.25) is 0 Å². The SMILES string of the molecule is O=C(NCC1CCNC1)OCCO. The van der Waals surface area contributed by atoms with Crippen molar-refractivity contribution in [3.8, 4) is 0 Å². The van der Waals surface area contributed by atoms with Crippen LogP contribution in [0.1, 0.15) is 6.42 Å². The minimum absolute atomic E-state index is 0.0642. The van der Waals surface area contributed by atoms with Crippen LogP contribution in [0.5, 0.6) is 0 Å². The lowest BCUT2D eigenvalue weighted by molar-refractivity contribution is 0.118. The van der Waals surface area contributed by atoms with Crippen LogP contribution in [0.4, 0.5) is 4.79 Å². The molecular formula is C8H16N2O3. The average Bonchev–Trinajstić information content (AvgIpc) is 2.64. The minimum atomic E-state index is -0.444. The molecule has 1 aliphatic rings. The molecule has 1 saturated heterocycles. The highest BCUT2D eigenvalue weighted by Crippen LogP contribution is 2.04. The summed E-state index contributed by atoms with van der Waals surface area (Å²) in [6, 6.07) is 0. The number of carbonyl (C=O) groups excluding carboxylic acids is 1. The molecule has 5 heteroatoms. The molecule has 0 spiro atoms. The molecule has 0 aromatic heterocycles. The van der Waals surface area contributed by atoms with Gasteiger partial charge in [-0.2, -0.15) is 0 Å². The van der Waals surface area contributed by atoms with Gasteiger partial charge in [-0.1, -0.05) is 0 Å². The van der Waals surface area contributed by atoms with E-state index in [1.165, 1.54) is 0 Å². The van der Waals surface area contributed by atoms with Crippen molar-refractivity contribution in [2.24, 2.45) is 5.92 Å². The summed E-state index contributed by atoms with van der Waals surface area (Å²) in [6.07, 6.45) is 0.654. The number of aliphatic hydroxyl groups excluding tert-OH is 1. The molecule has 0 aliphatic carbocycles. The molecule has 76 valence electrons. The van der Waals surface area contributed by atoms with Crippen LogP contribution in [0, 0.1) is 5.92 Å². The van der Waals surface area contributed by atoms with E-state index in [-0.39, 0.29) is 13.2 Å². The van der Waals surface area contributed by atoms with E-state index in [0.717, 1.165) is 19.5 Å². The highest BCUT2D eigenvalue weighted by molar-refractivity contribution is 5.67. The van der Waals surface area contributed by atoms with Gasteiger partial charge in [0.1, 0.15) is 6.61 Å². The van der Waals surface area contributed by atoms with Gasteiger partial charge in [-0.25, -0.2) is 4.79 Å². The molecule has 1 fully saturated rings. The molecule has 1 atom stereocenters. The Morgan fingerprint density at radius 3 is 3.15 bits per heavy atom. The van der Waals surface area contributed by atoms with Crippen LogP contribution in [-0.4, -0.2) is 44.0 Å². The van der Waals surface area contributed by atoms with Crippen molar-refractivity contribution >= 4 is 6.09 Å². The largest absolute Gasteiger partial charge is 0.447 e. The molecule has 3 N–H and O–H groups in total. The molecule has 5 nitrogen and oxygen atoms in total. The van der Waals surface area contributed by atoms with Gasteiger partial charge in [0.2, 0.25) is 0 Å². The fourth-order valence-electron chi connectivity index (χ4n) is 1.31. The predicted molar refractivity (Wildman–Crippen MR) is 47.4 cm³/mol. The smallest absolute Gasteiger partial charge is 0.407 e. The molecule has 1 rings (SSSR count). The van der Waals surface area contributed by atoms with E-state index in [9.17, 15) is 4.79 Å². The number of hydrogen-bond acceptors (Lipinski definition) is 4. The lowest BCUT2D eigenvalue weighted by atomic mass is 10.1. The second kappa shape index (κ2) is 5.77. The van der Waals surface area contributed by atoms with Gasteiger partial charge in [-0.05, 0) is 25.4 Å². The third kappa shape index (κ3) is 4.10. The van der Waals surface area contributed by atoms with Gasteiger partial charge >= 0.3 is 6.09 Å². The zero-order valence-corrected chi connectivity index (χ0v) is 7.58. The fourth-order valence-corrected chi connectivity index (χ4v) is 1.31. The first kappa shape index (κ1) is 10.3. The van der Waals surface area contributed by atoms with E-state index < -0.39 is 6.09 Å². The number of hydrogen-bond donors (Lipinski definition) is 3. The second-order valence-corrected chi connectivity index (χ2v) is 3.10. The molecular weight excluding hydrogens is 172 g/mol. The summed E-state index contributed by atoms with van der Waals surface area (Å²) in [6.45, 7) is 2.57. The maximum atomic E-state index is 10.9. The van der Waals surface area contributed by atoms with Crippen LogP contribution >= 0.6 is 0 Å².